The number of carbonyl (C=O) groups is 4. The van der Waals surface area contributed by atoms with Crippen molar-refractivity contribution < 1.29 is 19.2 Å². The van der Waals surface area contributed by atoms with E-state index in [0.29, 0.717) is 23.4 Å². The van der Waals surface area contributed by atoms with Crippen LogP contribution in [0.5, 0.6) is 0 Å². The lowest BCUT2D eigenvalue weighted by Crippen LogP contribution is -2.54. The molecule has 0 aromatic heterocycles. The van der Waals surface area contributed by atoms with Gasteiger partial charge in [-0.25, -0.2) is 0 Å². The molecular weight excluding hydrogens is 396 g/mol. The Morgan fingerprint density at radius 1 is 0.968 bits per heavy atom. The van der Waals surface area contributed by atoms with Crippen LogP contribution in [-0.4, -0.2) is 41.1 Å². The summed E-state index contributed by atoms with van der Waals surface area (Å²) in [5, 5.41) is 2.21. The summed E-state index contributed by atoms with van der Waals surface area (Å²) in [6.45, 7) is 1.46. The first kappa shape index (κ1) is 19.3. The second-order valence-corrected chi connectivity index (χ2v) is 8.24. The molecule has 2 aromatic carbocycles. The molecule has 0 aliphatic carbocycles. The monoisotopic (exact) mass is 418 g/mol. The number of rotatable bonds is 3. The minimum absolute atomic E-state index is 0.104. The minimum atomic E-state index is -0.953. The fourth-order valence-corrected chi connectivity index (χ4v) is 4.67. The molecule has 8 heteroatoms. The SMILES string of the molecule is Nc1ccc2c(c1)N(Cc1ccc3c(c1)C(=O)N(C1CCC(=O)NC1=O)C3=O)CCC2. The minimum Gasteiger partial charge on any atom is -0.399 e. The number of nitrogens with two attached hydrogens (primary N) is 1. The summed E-state index contributed by atoms with van der Waals surface area (Å²) >= 11 is 0. The number of carbonyl (C=O) groups excluding carboxylic acids is 4. The van der Waals surface area contributed by atoms with Gasteiger partial charge in [-0.1, -0.05) is 12.1 Å². The molecule has 1 fully saturated rings. The topological polar surface area (TPSA) is 113 Å². The normalized spacial score (nSPS) is 20.6. The Kier molecular flexibility index (Phi) is 4.50. The van der Waals surface area contributed by atoms with E-state index >= 15 is 0 Å². The number of imide groups is 2. The first-order valence-corrected chi connectivity index (χ1v) is 10.4. The highest BCUT2D eigenvalue weighted by Gasteiger charge is 2.44. The van der Waals surface area contributed by atoms with Gasteiger partial charge in [-0.3, -0.25) is 29.4 Å². The molecule has 4 amide bonds. The van der Waals surface area contributed by atoms with Gasteiger partial charge >= 0.3 is 0 Å². The number of anilines is 2. The Bertz CT molecular complexity index is 1140. The summed E-state index contributed by atoms with van der Waals surface area (Å²) in [5.41, 5.74) is 10.5. The standard InChI is InChI=1S/C23H22N4O4/c24-15-5-4-14-2-1-9-26(19(14)11-15)12-13-3-6-16-17(10-13)23(31)27(22(16)30)18-7-8-20(28)25-21(18)29/h3-6,10-11,18H,1-2,7-9,12,24H2,(H,25,28,29). The molecule has 2 aromatic rings. The first-order valence-electron chi connectivity index (χ1n) is 10.4. The Morgan fingerprint density at radius 3 is 2.58 bits per heavy atom. The summed E-state index contributed by atoms with van der Waals surface area (Å²) in [6.07, 6.45) is 2.29. The molecule has 0 radical (unpaired) electrons. The number of aryl methyl sites for hydroxylation is 1. The highest BCUT2D eigenvalue weighted by molar-refractivity contribution is 6.23. The van der Waals surface area contributed by atoms with Crippen LogP contribution >= 0.6 is 0 Å². The van der Waals surface area contributed by atoms with E-state index in [-0.39, 0.29) is 18.7 Å². The van der Waals surface area contributed by atoms with E-state index in [0.717, 1.165) is 35.5 Å². The zero-order valence-electron chi connectivity index (χ0n) is 16.9. The van der Waals surface area contributed by atoms with Crippen LogP contribution in [-0.2, 0) is 22.6 Å². The van der Waals surface area contributed by atoms with Crippen molar-refractivity contribution >= 4 is 35.0 Å². The van der Waals surface area contributed by atoms with E-state index in [1.807, 2.05) is 18.2 Å². The molecule has 1 unspecified atom stereocenters. The molecule has 0 bridgehead atoms. The Labute approximate surface area is 179 Å². The van der Waals surface area contributed by atoms with E-state index in [1.165, 1.54) is 5.56 Å². The smallest absolute Gasteiger partial charge is 0.262 e. The van der Waals surface area contributed by atoms with Crippen LogP contribution in [0.2, 0.25) is 0 Å². The third kappa shape index (κ3) is 3.24. The van der Waals surface area contributed by atoms with E-state index in [9.17, 15) is 19.2 Å². The van der Waals surface area contributed by atoms with Crippen LogP contribution in [0.25, 0.3) is 0 Å². The lowest BCUT2D eigenvalue weighted by atomic mass is 9.99. The first-order chi connectivity index (χ1) is 14.9. The molecule has 3 aliphatic heterocycles. The van der Waals surface area contributed by atoms with Gasteiger partial charge in [0.25, 0.3) is 11.8 Å². The number of nitrogens with one attached hydrogen (secondary N) is 1. The van der Waals surface area contributed by atoms with Gasteiger partial charge in [0.05, 0.1) is 11.1 Å². The lowest BCUT2D eigenvalue weighted by molar-refractivity contribution is -0.136. The molecule has 0 spiro atoms. The number of piperidine rings is 1. The Hall–Kier alpha value is -3.68. The molecular formula is C23H22N4O4. The van der Waals surface area contributed by atoms with Crippen molar-refractivity contribution in [3.63, 3.8) is 0 Å². The fraction of sp³-hybridized carbons (Fsp3) is 0.304. The van der Waals surface area contributed by atoms with Crippen molar-refractivity contribution in [3.05, 3.63) is 58.7 Å². The van der Waals surface area contributed by atoms with Crippen LogP contribution in [0.3, 0.4) is 0 Å². The van der Waals surface area contributed by atoms with Crippen LogP contribution in [0.1, 0.15) is 51.1 Å². The van der Waals surface area contributed by atoms with Crippen LogP contribution in [0, 0.1) is 0 Å². The lowest BCUT2D eigenvalue weighted by Gasteiger charge is -2.31. The molecule has 1 atom stereocenters. The highest BCUT2D eigenvalue weighted by Crippen LogP contribution is 2.32. The molecule has 8 nitrogen and oxygen atoms in total. The van der Waals surface area contributed by atoms with Gasteiger partial charge in [0, 0.05) is 30.9 Å². The van der Waals surface area contributed by atoms with Crippen LogP contribution in [0.4, 0.5) is 11.4 Å². The number of hydrogen-bond acceptors (Lipinski definition) is 6. The molecule has 5 rings (SSSR count). The second-order valence-electron chi connectivity index (χ2n) is 8.24. The zero-order chi connectivity index (χ0) is 21.7. The van der Waals surface area contributed by atoms with E-state index < -0.39 is 23.8 Å². The Morgan fingerprint density at radius 2 is 1.77 bits per heavy atom. The summed E-state index contributed by atoms with van der Waals surface area (Å²) < 4.78 is 0. The van der Waals surface area contributed by atoms with Gasteiger partial charge in [-0.05, 0) is 54.7 Å². The van der Waals surface area contributed by atoms with Gasteiger partial charge in [-0.2, -0.15) is 0 Å². The van der Waals surface area contributed by atoms with Gasteiger partial charge in [0.1, 0.15) is 6.04 Å². The largest absolute Gasteiger partial charge is 0.399 e. The third-order valence-electron chi connectivity index (χ3n) is 6.20. The summed E-state index contributed by atoms with van der Waals surface area (Å²) in [7, 11) is 0. The fourth-order valence-electron chi connectivity index (χ4n) is 4.67. The van der Waals surface area contributed by atoms with Gasteiger partial charge < -0.3 is 10.6 Å². The predicted octanol–water partition coefficient (Wildman–Crippen LogP) is 1.62. The summed E-state index contributed by atoms with van der Waals surface area (Å²) in [6, 6.07) is 10.2. The van der Waals surface area contributed by atoms with Crippen molar-refractivity contribution in [2.45, 2.75) is 38.3 Å². The number of fused-ring (bicyclic) bond motifs is 2. The molecule has 3 N–H and O–H groups in total. The van der Waals surface area contributed by atoms with Crippen molar-refractivity contribution in [3.8, 4) is 0 Å². The molecule has 158 valence electrons. The van der Waals surface area contributed by atoms with Crippen LogP contribution in [0.15, 0.2) is 36.4 Å². The molecule has 3 aliphatic rings. The highest BCUT2D eigenvalue weighted by atomic mass is 16.2. The quantitative estimate of drug-likeness (QED) is 0.579. The van der Waals surface area contributed by atoms with E-state index in [4.69, 9.17) is 5.73 Å². The number of hydrogen-bond donors (Lipinski definition) is 2. The number of nitrogen functional groups attached to an aromatic ring is 1. The average Bonchev–Trinajstić information content (AvgIpc) is 2.99. The molecule has 0 saturated carbocycles. The van der Waals surface area contributed by atoms with Crippen molar-refractivity contribution in [2.75, 3.05) is 17.2 Å². The number of nitrogens with zero attached hydrogens (tertiary/aromatic N) is 2. The van der Waals surface area contributed by atoms with Gasteiger partial charge in [0.15, 0.2) is 0 Å². The van der Waals surface area contributed by atoms with E-state index in [2.05, 4.69) is 16.3 Å². The van der Waals surface area contributed by atoms with Gasteiger partial charge in [-0.15, -0.1) is 0 Å². The summed E-state index contributed by atoms with van der Waals surface area (Å²) in [5.74, 6) is -1.96. The number of benzene rings is 2. The molecule has 3 heterocycles. The predicted molar refractivity (Wildman–Crippen MR) is 113 cm³/mol. The van der Waals surface area contributed by atoms with Gasteiger partial charge in [0.2, 0.25) is 11.8 Å². The molecule has 1 saturated heterocycles. The zero-order valence-corrected chi connectivity index (χ0v) is 16.9. The third-order valence-corrected chi connectivity index (χ3v) is 6.20. The van der Waals surface area contributed by atoms with Crippen molar-refractivity contribution in [1.82, 2.24) is 10.2 Å². The maximum atomic E-state index is 13.0. The van der Waals surface area contributed by atoms with Crippen molar-refractivity contribution in [1.29, 1.82) is 0 Å². The maximum Gasteiger partial charge on any atom is 0.262 e. The van der Waals surface area contributed by atoms with Crippen molar-refractivity contribution in [2.24, 2.45) is 0 Å². The number of amides is 4. The average molecular weight is 418 g/mol. The Balaban J connectivity index is 1.41. The summed E-state index contributed by atoms with van der Waals surface area (Å²) in [4.78, 5) is 52.7. The van der Waals surface area contributed by atoms with E-state index in [1.54, 1.807) is 12.1 Å². The molecule has 31 heavy (non-hydrogen) atoms. The second kappa shape index (κ2) is 7.23. The van der Waals surface area contributed by atoms with Crippen LogP contribution < -0.4 is 16.0 Å². The maximum absolute atomic E-state index is 13.0.